The van der Waals surface area contributed by atoms with Gasteiger partial charge in [0.15, 0.2) is 5.50 Å². The Morgan fingerprint density at radius 2 is 2.08 bits per heavy atom. The number of hydrogen-bond donors (Lipinski definition) is 1. The maximum atomic E-state index is 13.9. The lowest BCUT2D eigenvalue weighted by Gasteiger charge is -2.44. The molecule has 2 aliphatic heterocycles. The summed E-state index contributed by atoms with van der Waals surface area (Å²) in [5.41, 5.74) is 1.32. The van der Waals surface area contributed by atoms with Gasteiger partial charge in [-0.3, -0.25) is 19.8 Å². The molecule has 196 valence electrons. The van der Waals surface area contributed by atoms with Gasteiger partial charge in [-0.15, -0.1) is 11.8 Å². The first-order valence-electron chi connectivity index (χ1n) is 12.3. The topological polar surface area (TPSA) is 90.4 Å². The Balaban J connectivity index is 1.26. The number of thioether (sulfide) groups is 1. The molecule has 38 heavy (non-hydrogen) atoms. The van der Waals surface area contributed by atoms with Crippen molar-refractivity contribution in [3.05, 3.63) is 72.4 Å². The van der Waals surface area contributed by atoms with Crippen molar-refractivity contribution in [2.75, 3.05) is 18.0 Å². The smallest absolute Gasteiger partial charge is 0.341 e. The van der Waals surface area contributed by atoms with Crippen molar-refractivity contribution in [2.24, 2.45) is 10.9 Å². The summed E-state index contributed by atoms with van der Waals surface area (Å²) >= 11 is 1.55. The number of carbonyl (C=O) groups is 1. The normalized spacial score (nSPS) is 23.6. The number of aromatic nitrogens is 4. The summed E-state index contributed by atoms with van der Waals surface area (Å²) in [5.74, 6) is 0.575. The fraction of sp³-hybridized carbons (Fsp3) is 0.346. The van der Waals surface area contributed by atoms with Gasteiger partial charge in [-0.05, 0) is 24.6 Å². The Morgan fingerprint density at radius 3 is 2.84 bits per heavy atom. The number of amides is 1. The molecular formula is C26H24F3N7OS. The number of piperidine rings is 1. The molecule has 8 nitrogen and oxygen atoms in total. The van der Waals surface area contributed by atoms with Crippen LogP contribution in [0, 0.1) is 5.92 Å². The number of carbonyl (C=O) groups excluding carboxylic acids is 1. The van der Waals surface area contributed by atoms with E-state index in [4.69, 9.17) is 4.99 Å². The predicted octanol–water partition coefficient (Wildman–Crippen LogP) is 4.58. The molecule has 3 aromatic rings. The largest absolute Gasteiger partial charge is 0.416 e. The third-order valence-corrected chi connectivity index (χ3v) is 8.01. The van der Waals surface area contributed by atoms with Crippen LogP contribution in [0.4, 0.5) is 19.1 Å². The van der Waals surface area contributed by atoms with E-state index >= 15 is 0 Å². The average Bonchev–Trinajstić information content (AvgIpc) is 3.36. The number of allylic oxidation sites excluding steroid dienone is 2. The fourth-order valence-electron chi connectivity index (χ4n) is 5.01. The molecule has 0 bridgehead atoms. The van der Waals surface area contributed by atoms with Gasteiger partial charge in [0.25, 0.3) is 0 Å². The van der Waals surface area contributed by atoms with Gasteiger partial charge in [-0.2, -0.15) is 13.2 Å². The molecule has 1 aliphatic carbocycles. The molecule has 0 spiro atoms. The molecule has 3 unspecified atom stereocenters. The number of H-pyrrole nitrogens is 1. The third kappa shape index (κ3) is 4.80. The molecular weight excluding hydrogens is 515 g/mol. The van der Waals surface area contributed by atoms with Gasteiger partial charge >= 0.3 is 6.18 Å². The highest BCUT2D eigenvalue weighted by Crippen LogP contribution is 2.35. The van der Waals surface area contributed by atoms with Gasteiger partial charge in [0.1, 0.15) is 0 Å². The van der Waals surface area contributed by atoms with Gasteiger partial charge < -0.3 is 14.8 Å². The SMILES string of the molecule is O=C1C2CN(c3nc4ccc(C(F)(F)F)cc4[nH]3)CCC2=NC(SCc2cnccn2)N1C1C=CC=CC1. The van der Waals surface area contributed by atoms with Crippen molar-refractivity contribution in [2.45, 2.75) is 36.3 Å². The van der Waals surface area contributed by atoms with Crippen molar-refractivity contribution < 1.29 is 18.0 Å². The zero-order valence-corrected chi connectivity index (χ0v) is 21.0. The van der Waals surface area contributed by atoms with Crippen LogP contribution >= 0.6 is 11.8 Å². The number of aromatic amines is 1. The molecule has 1 saturated heterocycles. The predicted molar refractivity (Wildman–Crippen MR) is 139 cm³/mol. The van der Waals surface area contributed by atoms with Crippen LogP contribution in [0.3, 0.4) is 0 Å². The molecule has 0 radical (unpaired) electrons. The monoisotopic (exact) mass is 539 g/mol. The Labute approximate surface area is 220 Å². The number of nitrogens with zero attached hydrogens (tertiary/aromatic N) is 6. The molecule has 12 heteroatoms. The Hall–Kier alpha value is -3.67. The Bertz CT molecular complexity index is 1440. The second kappa shape index (κ2) is 9.90. The van der Waals surface area contributed by atoms with Gasteiger partial charge in [0.05, 0.1) is 34.3 Å². The Kier molecular flexibility index (Phi) is 6.42. The van der Waals surface area contributed by atoms with Crippen molar-refractivity contribution >= 4 is 40.4 Å². The van der Waals surface area contributed by atoms with Gasteiger partial charge in [-0.1, -0.05) is 24.3 Å². The van der Waals surface area contributed by atoms with Crippen molar-refractivity contribution in [3.8, 4) is 0 Å². The van der Waals surface area contributed by atoms with Gasteiger partial charge in [0, 0.05) is 49.6 Å². The Morgan fingerprint density at radius 1 is 1.18 bits per heavy atom. The van der Waals surface area contributed by atoms with Crippen LogP contribution in [-0.4, -0.2) is 61.1 Å². The fourth-order valence-corrected chi connectivity index (χ4v) is 6.11. The molecule has 1 amide bonds. The van der Waals surface area contributed by atoms with Crippen LogP contribution in [0.25, 0.3) is 11.0 Å². The highest BCUT2D eigenvalue weighted by atomic mass is 32.2. The molecule has 4 heterocycles. The lowest BCUT2D eigenvalue weighted by atomic mass is 9.91. The molecule has 0 saturated carbocycles. The summed E-state index contributed by atoms with van der Waals surface area (Å²) in [7, 11) is 0. The summed E-state index contributed by atoms with van der Waals surface area (Å²) in [4.78, 5) is 38.8. The van der Waals surface area contributed by atoms with Gasteiger partial charge in [-0.25, -0.2) is 4.98 Å². The number of fused-ring (bicyclic) bond motifs is 2. The van der Waals surface area contributed by atoms with Crippen molar-refractivity contribution in [3.63, 3.8) is 0 Å². The molecule has 6 rings (SSSR count). The standard InChI is InChI=1S/C26H24F3N7OS/c27-26(28,29)16-6-7-21-22(12-16)33-24(32-21)35-11-8-20-19(14-35)23(37)36(18-4-2-1-3-5-18)25(34-20)38-15-17-13-30-9-10-31-17/h1-4,6-7,9-10,12-13,18-19,25H,5,8,11,14-15H2,(H,32,33). The number of hydrogen-bond acceptors (Lipinski definition) is 7. The molecule has 1 fully saturated rings. The molecule has 3 aliphatic rings. The summed E-state index contributed by atoms with van der Waals surface area (Å²) in [5, 5.41) is 0. The molecule has 1 N–H and O–H groups in total. The zero-order valence-electron chi connectivity index (χ0n) is 20.2. The summed E-state index contributed by atoms with van der Waals surface area (Å²) in [6.07, 6.45) is 9.80. The first kappa shape index (κ1) is 24.7. The van der Waals surface area contributed by atoms with Crippen molar-refractivity contribution in [1.29, 1.82) is 0 Å². The van der Waals surface area contributed by atoms with E-state index in [0.29, 0.717) is 48.7 Å². The van der Waals surface area contributed by atoms with Crippen LogP contribution in [0.2, 0.25) is 0 Å². The maximum Gasteiger partial charge on any atom is 0.416 e. The van der Waals surface area contributed by atoms with E-state index in [1.807, 2.05) is 34.1 Å². The van der Waals surface area contributed by atoms with E-state index in [2.05, 4.69) is 19.9 Å². The number of aliphatic imine (C=N–C) groups is 1. The van der Waals surface area contributed by atoms with E-state index in [-0.39, 0.29) is 17.4 Å². The summed E-state index contributed by atoms with van der Waals surface area (Å²) < 4.78 is 39.5. The van der Waals surface area contributed by atoms with E-state index in [9.17, 15) is 18.0 Å². The van der Waals surface area contributed by atoms with Crippen LogP contribution in [0.1, 0.15) is 24.1 Å². The highest BCUT2D eigenvalue weighted by Gasteiger charge is 2.43. The third-order valence-electron chi connectivity index (χ3n) is 6.92. The number of benzene rings is 1. The minimum atomic E-state index is -4.43. The summed E-state index contributed by atoms with van der Waals surface area (Å²) in [6.45, 7) is 0.913. The van der Waals surface area contributed by atoms with Crippen LogP contribution < -0.4 is 4.90 Å². The summed E-state index contributed by atoms with van der Waals surface area (Å²) in [6, 6.07) is 3.35. The van der Waals surface area contributed by atoms with Crippen LogP contribution in [0.5, 0.6) is 0 Å². The lowest BCUT2D eigenvalue weighted by molar-refractivity contribution is -0.137. The number of halogens is 3. The number of alkyl halides is 3. The number of nitrogens with one attached hydrogen (secondary N) is 1. The van der Waals surface area contributed by atoms with Crippen LogP contribution in [-0.2, 0) is 16.7 Å². The number of rotatable bonds is 5. The number of anilines is 1. The minimum Gasteiger partial charge on any atom is -0.341 e. The zero-order chi connectivity index (χ0) is 26.3. The van der Waals surface area contributed by atoms with Gasteiger partial charge in [0.2, 0.25) is 11.9 Å². The molecule has 2 aromatic heterocycles. The quantitative estimate of drug-likeness (QED) is 0.511. The average molecular weight is 540 g/mol. The van der Waals surface area contributed by atoms with Crippen LogP contribution in [0.15, 0.2) is 66.1 Å². The maximum absolute atomic E-state index is 13.9. The number of imidazole rings is 1. The van der Waals surface area contributed by atoms with E-state index in [1.165, 1.54) is 6.07 Å². The first-order valence-corrected chi connectivity index (χ1v) is 13.3. The highest BCUT2D eigenvalue weighted by molar-refractivity contribution is 7.99. The van der Waals surface area contributed by atoms with E-state index < -0.39 is 17.7 Å². The second-order valence-electron chi connectivity index (χ2n) is 9.35. The van der Waals surface area contributed by atoms with Crippen molar-refractivity contribution in [1.82, 2.24) is 24.8 Å². The van der Waals surface area contributed by atoms with E-state index in [1.54, 1.807) is 30.4 Å². The molecule has 1 aromatic carbocycles. The molecule has 3 atom stereocenters. The van der Waals surface area contributed by atoms with E-state index in [0.717, 1.165) is 23.5 Å². The second-order valence-corrected chi connectivity index (χ2v) is 10.4. The lowest BCUT2D eigenvalue weighted by Crippen LogP contribution is -2.57. The first-order chi connectivity index (χ1) is 18.4. The minimum absolute atomic E-state index is 0.00300.